The number of anilines is 1. The average molecular weight is 234 g/mol. The molecule has 0 N–H and O–H groups in total. The third-order valence-corrected chi connectivity index (χ3v) is 3.32. The van der Waals surface area contributed by atoms with E-state index in [4.69, 9.17) is 10.00 Å². The van der Waals surface area contributed by atoms with Gasteiger partial charge in [-0.05, 0) is 25.5 Å². The lowest BCUT2D eigenvalue weighted by molar-refractivity contribution is 0.118. The Bertz CT molecular complexity index is 455. The summed E-state index contributed by atoms with van der Waals surface area (Å²) in [6.07, 6.45) is 1.01. The summed E-state index contributed by atoms with van der Waals surface area (Å²) in [5, 5.41) is 9.01. The van der Waals surface area contributed by atoms with Crippen LogP contribution in [-0.4, -0.2) is 25.8 Å². The van der Waals surface area contributed by atoms with Crippen LogP contribution in [0.2, 0.25) is 0 Å². The Hall–Kier alpha value is -1.60. The van der Waals surface area contributed by atoms with Crippen LogP contribution < -0.4 is 4.90 Å². The van der Waals surface area contributed by atoms with Gasteiger partial charge in [0.2, 0.25) is 0 Å². The van der Waals surface area contributed by atoms with Crippen LogP contribution in [0.25, 0.3) is 0 Å². The van der Waals surface area contributed by atoms with E-state index < -0.39 is 5.82 Å². The smallest absolute Gasteiger partial charge is 0.143 e. The van der Waals surface area contributed by atoms with Gasteiger partial charge in [0, 0.05) is 13.7 Å². The summed E-state index contributed by atoms with van der Waals surface area (Å²) in [7, 11) is 1.88. The zero-order valence-corrected chi connectivity index (χ0v) is 9.98. The Morgan fingerprint density at radius 1 is 1.53 bits per heavy atom. The second-order valence-corrected chi connectivity index (χ2v) is 4.29. The predicted molar refractivity (Wildman–Crippen MR) is 63.3 cm³/mol. The van der Waals surface area contributed by atoms with Crippen LogP contribution >= 0.6 is 0 Å². The van der Waals surface area contributed by atoms with Gasteiger partial charge >= 0.3 is 0 Å². The van der Waals surface area contributed by atoms with Crippen LogP contribution in [0, 0.1) is 17.1 Å². The molecule has 0 spiro atoms. The van der Waals surface area contributed by atoms with Crippen LogP contribution in [0.15, 0.2) is 18.2 Å². The van der Waals surface area contributed by atoms with Crippen molar-refractivity contribution >= 4 is 5.69 Å². The summed E-state index contributed by atoms with van der Waals surface area (Å²) >= 11 is 0. The molecule has 0 bridgehead atoms. The number of nitriles is 1. The molecule has 0 amide bonds. The minimum Gasteiger partial charge on any atom is -0.376 e. The van der Waals surface area contributed by atoms with Gasteiger partial charge in [0.1, 0.15) is 17.4 Å². The first-order valence-electron chi connectivity index (χ1n) is 5.68. The van der Waals surface area contributed by atoms with Crippen molar-refractivity contribution in [3.8, 4) is 6.07 Å². The average Bonchev–Trinajstić information content (AvgIpc) is 2.74. The lowest BCUT2D eigenvalue weighted by Crippen LogP contribution is -2.37. The zero-order chi connectivity index (χ0) is 12.4. The van der Waals surface area contributed by atoms with E-state index in [-0.39, 0.29) is 17.7 Å². The Morgan fingerprint density at radius 2 is 2.29 bits per heavy atom. The predicted octanol–water partition coefficient (Wildman–Crippen LogP) is 2.31. The number of benzene rings is 1. The number of hydrogen-bond acceptors (Lipinski definition) is 3. The van der Waals surface area contributed by atoms with Crippen molar-refractivity contribution < 1.29 is 9.13 Å². The van der Waals surface area contributed by atoms with Crippen molar-refractivity contribution in [2.75, 3.05) is 18.6 Å². The number of halogens is 1. The topological polar surface area (TPSA) is 36.3 Å². The third-order valence-electron chi connectivity index (χ3n) is 3.32. The van der Waals surface area contributed by atoms with E-state index in [0.717, 1.165) is 6.42 Å². The summed E-state index contributed by atoms with van der Waals surface area (Å²) in [6, 6.07) is 6.83. The van der Waals surface area contributed by atoms with Gasteiger partial charge in [0.15, 0.2) is 0 Å². The maximum atomic E-state index is 13.5. The standard InChI is InChI=1S/C13H15FN2O/c1-9-12(6-7-17-9)16(2)13-5-3-4-11(14)10(13)8-15/h3-5,9,12H,6-7H2,1-2H3. The minimum atomic E-state index is -0.469. The summed E-state index contributed by atoms with van der Waals surface area (Å²) < 4.78 is 19.0. The summed E-state index contributed by atoms with van der Waals surface area (Å²) in [5.41, 5.74) is 0.740. The van der Waals surface area contributed by atoms with Gasteiger partial charge in [-0.1, -0.05) is 6.07 Å². The van der Waals surface area contributed by atoms with Crippen LogP contribution in [0.5, 0.6) is 0 Å². The highest BCUT2D eigenvalue weighted by Gasteiger charge is 2.29. The molecule has 1 aliphatic rings. The van der Waals surface area contributed by atoms with Crippen molar-refractivity contribution in [3.63, 3.8) is 0 Å². The second kappa shape index (κ2) is 4.72. The fraction of sp³-hybridized carbons (Fsp3) is 0.462. The number of nitrogens with zero attached hydrogens (tertiary/aromatic N) is 2. The van der Waals surface area contributed by atoms with Crippen LogP contribution in [-0.2, 0) is 4.74 Å². The molecule has 1 saturated heterocycles. The number of ether oxygens (including phenoxy) is 1. The van der Waals surface area contributed by atoms with Gasteiger partial charge in [-0.15, -0.1) is 0 Å². The molecule has 1 aromatic rings. The molecule has 4 heteroatoms. The first-order valence-corrected chi connectivity index (χ1v) is 5.68. The fourth-order valence-corrected chi connectivity index (χ4v) is 2.33. The quantitative estimate of drug-likeness (QED) is 0.787. The molecule has 0 saturated carbocycles. The number of hydrogen-bond donors (Lipinski definition) is 0. The molecular formula is C13H15FN2O. The summed E-state index contributed by atoms with van der Waals surface area (Å²) in [5.74, 6) is -0.469. The number of rotatable bonds is 2. The van der Waals surface area contributed by atoms with E-state index in [1.807, 2.05) is 24.9 Å². The van der Waals surface area contributed by atoms with Gasteiger partial charge in [-0.25, -0.2) is 4.39 Å². The third kappa shape index (κ3) is 2.11. The minimum absolute atomic E-state index is 0.106. The molecule has 3 nitrogen and oxygen atoms in total. The monoisotopic (exact) mass is 234 g/mol. The molecule has 2 atom stereocenters. The highest BCUT2D eigenvalue weighted by molar-refractivity contribution is 5.60. The number of likely N-dealkylation sites (N-methyl/N-ethyl adjacent to an activating group) is 1. The van der Waals surface area contributed by atoms with Crippen molar-refractivity contribution in [1.29, 1.82) is 5.26 Å². The Balaban J connectivity index is 2.34. The van der Waals surface area contributed by atoms with E-state index in [9.17, 15) is 4.39 Å². The van der Waals surface area contributed by atoms with Gasteiger partial charge in [0.25, 0.3) is 0 Å². The molecule has 1 fully saturated rings. The summed E-state index contributed by atoms with van der Waals surface area (Å²) in [6.45, 7) is 2.72. The van der Waals surface area contributed by atoms with E-state index in [1.54, 1.807) is 12.1 Å². The fourth-order valence-electron chi connectivity index (χ4n) is 2.33. The van der Waals surface area contributed by atoms with Gasteiger partial charge < -0.3 is 9.64 Å². The zero-order valence-electron chi connectivity index (χ0n) is 9.98. The molecule has 1 aromatic carbocycles. The van der Waals surface area contributed by atoms with Crippen molar-refractivity contribution in [1.82, 2.24) is 0 Å². The van der Waals surface area contributed by atoms with Gasteiger partial charge in [0.05, 0.1) is 17.8 Å². The largest absolute Gasteiger partial charge is 0.376 e. The normalized spacial score (nSPS) is 23.4. The molecule has 0 radical (unpaired) electrons. The van der Waals surface area contributed by atoms with Gasteiger partial charge in [-0.2, -0.15) is 5.26 Å². The lowest BCUT2D eigenvalue weighted by Gasteiger charge is -2.29. The van der Waals surface area contributed by atoms with E-state index in [0.29, 0.717) is 12.3 Å². The molecule has 17 heavy (non-hydrogen) atoms. The van der Waals surface area contributed by atoms with Crippen LogP contribution in [0.1, 0.15) is 18.9 Å². The molecule has 90 valence electrons. The molecule has 1 heterocycles. The molecule has 2 unspecified atom stereocenters. The van der Waals surface area contributed by atoms with Gasteiger partial charge in [-0.3, -0.25) is 0 Å². The first kappa shape index (κ1) is 11.9. The maximum Gasteiger partial charge on any atom is 0.143 e. The van der Waals surface area contributed by atoms with E-state index in [1.165, 1.54) is 6.07 Å². The molecule has 1 aliphatic heterocycles. The van der Waals surface area contributed by atoms with E-state index in [2.05, 4.69) is 0 Å². The highest BCUT2D eigenvalue weighted by Crippen LogP contribution is 2.28. The first-order chi connectivity index (χ1) is 8.15. The molecular weight excluding hydrogens is 219 g/mol. The maximum absolute atomic E-state index is 13.5. The molecule has 0 aliphatic carbocycles. The van der Waals surface area contributed by atoms with Crippen molar-refractivity contribution in [3.05, 3.63) is 29.6 Å². The van der Waals surface area contributed by atoms with Crippen molar-refractivity contribution in [2.24, 2.45) is 0 Å². The Kier molecular flexibility index (Phi) is 3.30. The Morgan fingerprint density at radius 3 is 2.88 bits per heavy atom. The molecule has 2 rings (SSSR count). The van der Waals surface area contributed by atoms with Crippen molar-refractivity contribution in [2.45, 2.75) is 25.5 Å². The Labute approximate surface area is 100 Å². The second-order valence-electron chi connectivity index (χ2n) is 4.29. The molecule has 0 aromatic heterocycles. The van der Waals surface area contributed by atoms with E-state index >= 15 is 0 Å². The van der Waals surface area contributed by atoms with Crippen LogP contribution in [0.3, 0.4) is 0 Å². The SMILES string of the molecule is CC1OCCC1N(C)c1cccc(F)c1C#N. The summed E-state index contributed by atoms with van der Waals surface area (Å²) in [4.78, 5) is 1.94. The van der Waals surface area contributed by atoms with Crippen LogP contribution in [0.4, 0.5) is 10.1 Å². The highest BCUT2D eigenvalue weighted by atomic mass is 19.1. The lowest BCUT2D eigenvalue weighted by atomic mass is 10.1.